The molecule has 0 aliphatic carbocycles. The van der Waals surface area contributed by atoms with Crippen LogP contribution in [0.1, 0.15) is 10.4 Å². The van der Waals surface area contributed by atoms with Gasteiger partial charge in [-0.1, -0.05) is 6.07 Å². The summed E-state index contributed by atoms with van der Waals surface area (Å²) >= 11 is 0. The first-order valence-corrected chi connectivity index (χ1v) is 7.08. The standard InChI is InChI=1S/C15H22N2O4/c1-19-15(18)12-3-2-4-13(9-12)21-14(10-16)11-17-5-7-20-8-6-17/h2-4,9,14H,5-8,10-11,16H2,1H3. The second-order valence-electron chi connectivity index (χ2n) is 4.91. The molecule has 2 N–H and O–H groups in total. The Bertz CT molecular complexity index is 461. The summed E-state index contributed by atoms with van der Waals surface area (Å²) in [6.45, 7) is 4.44. The van der Waals surface area contributed by atoms with Gasteiger partial charge in [-0.05, 0) is 18.2 Å². The Morgan fingerprint density at radius 3 is 2.86 bits per heavy atom. The lowest BCUT2D eigenvalue weighted by molar-refractivity contribution is 0.0205. The molecule has 1 unspecified atom stereocenters. The molecule has 1 heterocycles. The second kappa shape index (κ2) is 7.97. The first-order chi connectivity index (χ1) is 10.2. The number of esters is 1. The van der Waals surface area contributed by atoms with E-state index in [-0.39, 0.29) is 12.1 Å². The van der Waals surface area contributed by atoms with Crippen LogP contribution in [-0.2, 0) is 9.47 Å². The van der Waals surface area contributed by atoms with Gasteiger partial charge in [0.15, 0.2) is 0 Å². The van der Waals surface area contributed by atoms with Gasteiger partial charge in [0.25, 0.3) is 0 Å². The van der Waals surface area contributed by atoms with E-state index in [9.17, 15) is 4.79 Å². The van der Waals surface area contributed by atoms with Crippen LogP contribution in [0.15, 0.2) is 24.3 Å². The number of benzene rings is 1. The zero-order valence-corrected chi connectivity index (χ0v) is 12.3. The molecule has 1 atom stereocenters. The number of carbonyl (C=O) groups excluding carboxylic acids is 1. The number of hydrogen-bond acceptors (Lipinski definition) is 6. The number of nitrogens with two attached hydrogens (primary N) is 1. The van der Waals surface area contributed by atoms with E-state index in [1.165, 1.54) is 7.11 Å². The maximum absolute atomic E-state index is 11.5. The Morgan fingerprint density at radius 1 is 1.43 bits per heavy atom. The first-order valence-electron chi connectivity index (χ1n) is 7.08. The Morgan fingerprint density at radius 2 is 2.19 bits per heavy atom. The molecular weight excluding hydrogens is 272 g/mol. The van der Waals surface area contributed by atoms with Gasteiger partial charge >= 0.3 is 5.97 Å². The summed E-state index contributed by atoms with van der Waals surface area (Å²) in [6.07, 6.45) is -0.115. The zero-order chi connectivity index (χ0) is 15.1. The highest BCUT2D eigenvalue weighted by Crippen LogP contribution is 2.16. The third-order valence-corrected chi connectivity index (χ3v) is 3.39. The van der Waals surface area contributed by atoms with Gasteiger partial charge in [-0.25, -0.2) is 4.79 Å². The molecule has 0 saturated carbocycles. The van der Waals surface area contributed by atoms with E-state index in [0.29, 0.717) is 17.9 Å². The molecule has 21 heavy (non-hydrogen) atoms. The fourth-order valence-corrected chi connectivity index (χ4v) is 2.24. The highest BCUT2D eigenvalue weighted by Gasteiger charge is 2.17. The largest absolute Gasteiger partial charge is 0.488 e. The Labute approximate surface area is 124 Å². The first kappa shape index (κ1) is 15.8. The normalized spacial score (nSPS) is 17.2. The molecule has 1 fully saturated rings. The summed E-state index contributed by atoms with van der Waals surface area (Å²) < 4.78 is 15.9. The van der Waals surface area contributed by atoms with Crippen molar-refractivity contribution in [1.82, 2.24) is 4.90 Å². The van der Waals surface area contributed by atoms with E-state index in [2.05, 4.69) is 4.90 Å². The number of methoxy groups -OCH3 is 1. The van der Waals surface area contributed by atoms with Crippen molar-refractivity contribution in [3.05, 3.63) is 29.8 Å². The SMILES string of the molecule is COC(=O)c1cccc(OC(CN)CN2CCOCC2)c1. The minimum atomic E-state index is -0.377. The van der Waals surface area contributed by atoms with Gasteiger partial charge in [0.2, 0.25) is 0 Å². The summed E-state index contributed by atoms with van der Waals surface area (Å²) in [4.78, 5) is 13.8. The third-order valence-electron chi connectivity index (χ3n) is 3.39. The lowest BCUT2D eigenvalue weighted by atomic mass is 10.2. The van der Waals surface area contributed by atoms with Crippen LogP contribution in [0, 0.1) is 0 Å². The van der Waals surface area contributed by atoms with Gasteiger partial charge in [-0.2, -0.15) is 0 Å². The number of hydrogen-bond donors (Lipinski definition) is 1. The topological polar surface area (TPSA) is 74.0 Å². The van der Waals surface area contributed by atoms with E-state index in [1.807, 2.05) is 6.07 Å². The van der Waals surface area contributed by atoms with Crippen LogP contribution in [0.25, 0.3) is 0 Å². The van der Waals surface area contributed by atoms with Gasteiger partial charge in [-0.3, -0.25) is 4.90 Å². The smallest absolute Gasteiger partial charge is 0.337 e. The van der Waals surface area contributed by atoms with Crippen molar-refractivity contribution in [2.75, 3.05) is 46.5 Å². The summed E-state index contributed by atoms with van der Waals surface area (Å²) in [5.41, 5.74) is 6.26. The van der Waals surface area contributed by atoms with Gasteiger partial charge in [0, 0.05) is 26.2 Å². The Kier molecular flexibility index (Phi) is 5.98. The van der Waals surface area contributed by atoms with Crippen molar-refractivity contribution < 1.29 is 19.0 Å². The van der Waals surface area contributed by atoms with E-state index >= 15 is 0 Å². The second-order valence-corrected chi connectivity index (χ2v) is 4.91. The van der Waals surface area contributed by atoms with E-state index in [0.717, 1.165) is 32.8 Å². The monoisotopic (exact) mass is 294 g/mol. The molecule has 6 heteroatoms. The van der Waals surface area contributed by atoms with Crippen LogP contribution >= 0.6 is 0 Å². The van der Waals surface area contributed by atoms with Gasteiger partial charge in [0.1, 0.15) is 11.9 Å². The predicted molar refractivity (Wildman–Crippen MR) is 78.5 cm³/mol. The van der Waals surface area contributed by atoms with Crippen LogP contribution in [0.4, 0.5) is 0 Å². The molecule has 1 aromatic rings. The molecule has 2 rings (SSSR count). The molecule has 0 radical (unpaired) electrons. The van der Waals surface area contributed by atoms with E-state index < -0.39 is 0 Å². The number of nitrogens with zero attached hydrogens (tertiary/aromatic N) is 1. The van der Waals surface area contributed by atoms with E-state index in [4.69, 9.17) is 19.9 Å². The fraction of sp³-hybridized carbons (Fsp3) is 0.533. The number of rotatable bonds is 6. The highest BCUT2D eigenvalue weighted by molar-refractivity contribution is 5.89. The van der Waals surface area contributed by atoms with Crippen LogP contribution in [0.3, 0.4) is 0 Å². The Balaban J connectivity index is 1.95. The zero-order valence-electron chi connectivity index (χ0n) is 12.3. The van der Waals surface area contributed by atoms with Crippen molar-refractivity contribution in [2.24, 2.45) is 5.73 Å². The maximum Gasteiger partial charge on any atom is 0.337 e. The van der Waals surface area contributed by atoms with Crippen molar-refractivity contribution in [3.8, 4) is 5.75 Å². The predicted octanol–water partition coefficient (Wildman–Crippen LogP) is 0.512. The molecular formula is C15H22N2O4. The third kappa shape index (κ3) is 4.70. The summed E-state index contributed by atoms with van der Waals surface area (Å²) in [5, 5.41) is 0. The lowest BCUT2D eigenvalue weighted by Crippen LogP contribution is -2.45. The number of morpholine rings is 1. The average Bonchev–Trinajstić information content (AvgIpc) is 2.54. The molecule has 0 aromatic heterocycles. The molecule has 0 amide bonds. The van der Waals surface area contributed by atoms with Crippen LogP contribution in [0.2, 0.25) is 0 Å². The number of carbonyl (C=O) groups is 1. The molecule has 0 bridgehead atoms. The lowest BCUT2D eigenvalue weighted by Gasteiger charge is -2.30. The molecule has 1 saturated heterocycles. The van der Waals surface area contributed by atoms with Crippen LogP contribution in [-0.4, -0.2) is 63.5 Å². The molecule has 6 nitrogen and oxygen atoms in total. The number of ether oxygens (including phenoxy) is 3. The fourth-order valence-electron chi connectivity index (χ4n) is 2.24. The summed E-state index contributed by atoms with van der Waals surface area (Å²) in [5.74, 6) is 0.250. The minimum Gasteiger partial charge on any atom is -0.488 e. The Hall–Kier alpha value is -1.63. The van der Waals surface area contributed by atoms with Crippen LogP contribution < -0.4 is 10.5 Å². The highest BCUT2D eigenvalue weighted by atomic mass is 16.5. The van der Waals surface area contributed by atoms with Crippen molar-refractivity contribution >= 4 is 5.97 Å². The van der Waals surface area contributed by atoms with Crippen molar-refractivity contribution in [1.29, 1.82) is 0 Å². The molecule has 1 aromatic carbocycles. The molecule has 0 spiro atoms. The van der Waals surface area contributed by atoms with Crippen molar-refractivity contribution in [3.63, 3.8) is 0 Å². The van der Waals surface area contributed by atoms with Crippen molar-refractivity contribution in [2.45, 2.75) is 6.10 Å². The van der Waals surface area contributed by atoms with Gasteiger partial charge in [-0.15, -0.1) is 0 Å². The summed E-state index contributed by atoms with van der Waals surface area (Å²) in [7, 11) is 1.36. The average molecular weight is 294 g/mol. The molecule has 1 aliphatic rings. The maximum atomic E-state index is 11.5. The van der Waals surface area contributed by atoms with Gasteiger partial charge < -0.3 is 19.9 Å². The molecule has 116 valence electrons. The molecule has 1 aliphatic heterocycles. The van der Waals surface area contributed by atoms with Gasteiger partial charge in [0.05, 0.1) is 25.9 Å². The minimum absolute atomic E-state index is 0.115. The van der Waals surface area contributed by atoms with Crippen LogP contribution in [0.5, 0.6) is 5.75 Å². The quantitative estimate of drug-likeness (QED) is 0.771. The summed E-state index contributed by atoms with van der Waals surface area (Å²) in [6, 6.07) is 6.95. The van der Waals surface area contributed by atoms with E-state index in [1.54, 1.807) is 18.2 Å².